The van der Waals surface area contributed by atoms with Crippen LogP contribution in [0.1, 0.15) is 13.8 Å². The van der Waals surface area contributed by atoms with Crippen LogP contribution < -0.4 is 15.3 Å². The van der Waals surface area contributed by atoms with E-state index in [9.17, 15) is 0 Å². The molecule has 0 unspecified atom stereocenters. The van der Waals surface area contributed by atoms with Gasteiger partial charge in [0.05, 0.1) is 0 Å². The minimum Gasteiger partial charge on any atom is -0.857 e. The van der Waals surface area contributed by atoms with E-state index >= 15 is 0 Å². The summed E-state index contributed by atoms with van der Waals surface area (Å²) in [6.07, 6.45) is 19.8. The molecule has 0 aromatic heterocycles. The molecule has 3 nitrogen and oxygen atoms in total. The number of rotatable bonds is 2. The Morgan fingerprint density at radius 2 is 0.800 bits per heavy atom. The molecule has 0 N–H and O–H groups in total. The third-order valence-corrected chi connectivity index (χ3v) is 2.67. The Morgan fingerprint density at radius 1 is 0.600 bits per heavy atom. The number of allylic oxidation sites excluding steroid dienone is 8. The Hall–Kier alpha value is -0.277. The zero-order chi connectivity index (χ0) is 15.4. The molecule has 0 radical (unpaired) electrons. The molecule has 0 saturated carbocycles. The van der Waals surface area contributed by atoms with Gasteiger partial charge in [-0.3, -0.25) is 0 Å². The van der Waals surface area contributed by atoms with Gasteiger partial charge in [0.25, 0.3) is 0 Å². The van der Waals surface area contributed by atoms with Gasteiger partial charge in [0, 0.05) is 0 Å². The van der Waals surface area contributed by atoms with Crippen LogP contribution in [-0.2, 0) is 26.2 Å². The van der Waals surface area contributed by atoms with Gasteiger partial charge in [0.1, 0.15) is 0 Å². The Balaban J connectivity index is -0.000000368. The van der Waals surface area contributed by atoms with E-state index in [4.69, 9.17) is 15.3 Å². The SMILES string of the molecule is CC1([CH-]C2(C)C=CC=C2)C=CC=C1.C[O-].C[O-].C[O-].[Zr+4]. The van der Waals surface area contributed by atoms with Crippen molar-refractivity contribution in [2.24, 2.45) is 10.8 Å². The first-order chi connectivity index (χ1) is 9.12. The van der Waals surface area contributed by atoms with Crippen molar-refractivity contribution >= 4 is 0 Å². The molecular weight excluding hydrogens is 331 g/mol. The zero-order valence-corrected chi connectivity index (χ0v) is 15.4. The first-order valence-electron chi connectivity index (χ1n) is 5.96. The molecule has 110 valence electrons. The van der Waals surface area contributed by atoms with Crippen LogP contribution in [0.2, 0.25) is 0 Å². The molecule has 0 atom stereocenters. The van der Waals surface area contributed by atoms with Crippen molar-refractivity contribution in [1.29, 1.82) is 0 Å². The Morgan fingerprint density at radius 3 is 1.00 bits per heavy atom. The maximum Gasteiger partial charge on any atom is 4.00 e. The van der Waals surface area contributed by atoms with Gasteiger partial charge in [0.2, 0.25) is 0 Å². The third-order valence-electron chi connectivity index (χ3n) is 2.67. The largest absolute Gasteiger partial charge is 4.00 e. The average Bonchev–Trinajstić information content (AvgIpc) is 3.06. The van der Waals surface area contributed by atoms with Crippen molar-refractivity contribution in [3.8, 4) is 0 Å². The standard InChI is InChI=1S/C13H15.3CH3O.Zr/c1-12(7-3-4-8-12)11-13(2)9-5-6-10-13;3*1-2;/h3-11H,1-2H3;3*1H3;/q4*-1;+4. The van der Waals surface area contributed by atoms with E-state index in [1.165, 1.54) is 0 Å². The van der Waals surface area contributed by atoms with Gasteiger partial charge in [-0.2, -0.15) is 21.3 Å². The third kappa shape index (κ3) is 8.81. The molecule has 0 spiro atoms. The van der Waals surface area contributed by atoms with Crippen molar-refractivity contribution in [3.63, 3.8) is 0 Å². The predicted octanol–water partition coefficient (Wildman–Crippen LogP) is 0.382. The number of hydrogen-bond acceptors (Lipinski definition) is 3. The van der Waals surface area contributed by atoms with Crippen molar-refractivity contribution in [3.05, 3.63) is 55.0 Å². The first-order valence-corrected chi connectivity index (χ1v) is 5.96. The summed E-state index contributed by atoms with van der Waals surface area (Å²) >= 11 is 0. The Bertz CT molecular complexity index is 275. The van der Waals surface area contributed by atoms with Gasteiger partial charge in [0.15, 0.2) is 0 Å². The van der Waals surface area contributed by atoms with Crippen LogP contribution in [0.4, 0.5) is 0 Å². The molecule has 0 heterocycles. The topological polar surface area (TPSA) is 69.2 Å². The second kappa shape index (κ2) is 13.7. The van der Waals surface area contributed by atoms with E-state index in [2.05, 4.69) is 68.9 Å². The summed E-state index contributed by atoms with van der Waals surface area (Å²) in [6, 6.07) is 0. The molecule has 0 amide bonds. The van der Waals surface area contributed by atoms with Crippen molar-refractivity contribution in [1.82, 2.24) is 0 Å². The Kier molecular flexibility index (Phi) is 16.9. The quantitative estimate of drug-likeness (QED) is 0.673. The van der Waals surface area contributed by atoms with Crippen molar-refractivity contribution in [2.45, 2.75) is 13.8 Å². The van der Waals surface area contributed by atoms with Crippen LogP contribution in [0.3, 0.4) is 0 Å². The zero-order valence-electron chi connectivity index (χ0n) is 12.9. The first kappa shape index (κ1) is 24.7. The van der Waals surface area contributed by atoms with Crippen LogP contribution in [0, 0.1) is 17.3 Å². The molecule has 0 fully saturated rings. The van der Waals surface area contributed by atoms with Crippen LogP contribution in [0.5, 0.6) is 0 Å². The van der Waals surface area contributed by atoms with E-state index in [1.807, 2.05) is 0 Å². The second-order valence-electron chi connectivity index (χ2n) is 4.31. The molecule has 0 bridgehead atoms. The Labute approximate surface area is 142 Å². The molecule has 20 heavy (non-hydrogen) atoms. The molecule has 0 aromatic rings. The summed E-state index contributed by atoms with van der Waals surface area (Å²) in [6.45, 7) is 4.47. The molecule has 2 aliphatic carbocycles. The van der Waals surface area contributed by atoms with Crippen molar-refractivity contribution < 1.29 is 41.5 Å². The van der Waals surface area contributed by atoms with Gasteiger partial charge in [-0.15, -0.1) is 35.1 Å². The molecular formula is C16H24O3Zr. The van der Waals surface area contributed by atoms with Gasteiger partial charge >= 0.3 is 26.2 Å². The fourth-order valence-corrected chi connectivity index (χ4v) is 2.03. The minimum absolute atomic E-state index is 0. The minimum atomic E-state index is 0. The van der Waals surface area contributed by atoms with Crippen LogP contribution in [0.25, 0.3) is 0 Å². The van der Waals surface area contributed by atoms with E-state index < -0.39 is 0 Å². The van der Waals surface area contributed by atoms with Gasteiger partial charge < -0.3 is 21.7 Å². The second-order valence-corrected chi connectivity index (χ2v) is 4.31. The van der Waals surface area contributed by atoms with Gasteiger partial charge in [-0.05, 0) is 0 Å². The predicted molar refractivity (Wildman–Crippen MR) is 74.8 cm³/mol. The molecule has 2 aliphatic rings. The molecule has 2 rings (SSSR count). The normalized spacial score (nSPS) is 17.8. The van der Waals surface area contributed by atoms with E-state index in [1.54, 1.807) is 0 Å². The maximum atomic E-state index is 8.25. The molecule has 0 aromatic carbocycles. The summed E-state index contributed by atoms with van der Waals surface area (Å²) in [4.78, 5) is 0. The van der Waals surface area contributed by atoms with Gasteiger partial charge in [-0.25, -0.2) is 0 Å². The number of hydrogen-bond donors (Lipinski definition) is 0. The fraction of sp³-hybridized carbons (Fsp3) is 0.438. The van der Waals surface area contributed by atoms with E-state index in [-0.39, 0.29) is 37.0 Å². The maximum absolute atomic E-state index is 8.25. The van der Waals surface area contributed by atoms with Gasteiger partial charge in [-0.1, -0.05) is 38.2 Å². The van der Waals surface area contributed by atoms with Crippen LogP contribution in [-0.4, -0.2) is 21.3 Å². The average molecular weight is 356 g/mol. The van der Waals surface area contributed by atoms with E-state index in [0.717, 1.165) is 21.3 Å². The van der Waals surface area contributed by atoms with Crippen molar-refractivity contribution in [2.75, 3.05) is 21.3 Å². The summed E-state index contributed by atoms with van der Waals surface area (Å²) in [7, 11) is 2.25. The van der Waals surface area contributed by atoms with Crippen LogP contribution >= 0.6 is 0 Å². The molecule has 4 heteroatoms. The van der Waals surface area contributed by atoms with E-state index in [0.29, 0.717) is 0 Å². The smallest absolute Gasteiger partial charge is 0.857 e. The van der Waals surface area contributed by atoms with Crippen LogP contribution in [0.15, 0.2) is 48.6 Å². The fourth-order valence-electron chi connectivity index (χ4n) is 2.03. The summed E-state index contributed by atoms with van der Waals surface area (Å²) in [5.41, 5.74) is 0.265. The summed E-state index contributed by atoms with van der Waals surface area (Å²) in [5, 5.41) is 24.8. The molecule has 0 saturated heterocycles. The summed E-state index contributed by atoms with van der Waals surface area (Å²) in [5.74, 6) is 0. The summed E-state index contributed by atoms with van der Waals surface area (Å²) < 4.78 is 0. The molecule has 0 aliphatic heterocycles. The monoisotopic (exact) mass is 354 g/mol.